The van der Waals surface area contributed by atoms with Crippen LogP contribution in [0.4, 0.5) is 0 Å². The number of sulfonamides is 1. The van der Waals surface area contributed by atoms with Crippen molar-refractivity contribution in [2.24, 2.45) is 16.0 Å². The Kier molecular flexibility index (Phi) is 10.5. The number of carboxylic acids is 1. The highest BCUT2D eigenvalue weighted by molar-refractivity contribution is 7.89. The van der Waals surface area contributed by atoms with Crippen molar-refractivity contribution < 1.29 is 23.1 Å². The summed E-state index contributed by atoms with van der Waals surface area (Å²) in [6.45, 7) is 13.6. The molecule has 4 unspecified atom stereocenters. The van der Waals surface area contributed by atoms with Crippen molar-refractivity contribution in [2.75, 3.05) is 0 Å². The molecule has 0 aliphatic heterocycles. The molecule has 0 spiro atoms. The van der Waals surface area contributed by atoms with Gasteiger partial charge in [-0.15, -0.1) is 0 Å². The average molecular weight is 408 g/mol. The van der Waals surface area contributed by atoms with Crippen molar-refractivity contribution >= 4 is 16.0 Å². The maximum absolute atomic E-state index is 12.2. The summed E-state index contributed by atoms with van der Waals surface area (Å²) in [5, 5.41) is 14.2. The van der Waals surface area contributed by atoms with E-state index in [1.807, 2.05) is 48.5 Å². The van der Waals surface area contributed by atoms with Gasteiger partial charge in [-0.1, -0.05) is 61.3 Å². The van der Waals surface area contributed by atoms with Crippen molar-refractivity contribution in [3.8, 4) is 0 Å². The average Bonchev–Trinajstić information content (AvgIpc) is 2.51. The lowest BCUT2D eigenvalue weighted by Gasteiger charge is -2.45. The zero-order chi connectivity index (χ0) is 21.5. The Morgan fingerprint density at radius 1 is 1.04 bits per heavy atom. The first kappa shape index (κ1) is 26.3. The van der Waals surface area contributed by atoms with E-state index in [4.69, 9.17) is 9.88 Å². The van der Waals surface area contributed by atoms with Gasteiger partial charge < -0.3 is 9.84 Å². The number of carboxylic acid groups (broad SMARTS) is 1. The number of rotatable bonds is 14. The lowest BCUT2D eigenvalue weighted by Crippen LogP contribution is -2.50. The lowest BCUT2D eigenvalue weighted by atomic mass is 9.75. The fraction of sp³-hybridized carbons (Fsp3) is 0.950. The zero-order valence-corrected chi connectivity index (χ0v) is 19.1. The predicted molar refractivity (Wildman–Crippen MR) is 110 cm³/mol. The molecule has 0 aromatic rings. The van der Waals surface area contributed by atoms with Gasteiger partial charge in [0.2, 0.25) is 10.0 Å². The largest absolute Gasteiger partial charge is 0.481 e. The molecule has 0 rings (SSSR count). The Morgan fingerprint density at radius 3 is 1.85 bits per heavy atom. The maximum atomic E-state index is 12.2. The van der Waals surface area contributed by atoms with E-state index in [2.05, 4.69) is 0 Å². The SMILES string of the molecule is CCCC(OC(CCC)C(C)(C)C(CC)S(N)(=O)=O)C(C)(CC)CC(=O)O. The van der Waals surface area contributed by atoms with Crippen molar-refractivity contribution in [1.29, 1.82) is 0 Å². The summed E-state index contributed by atoms with van der Waals surface area (Å²) in [7, 11) is -3.72. The molecule has 0 amide bonds. The number of ether oxygens (including phenoxy) is 1. The molecule has 4 atom stereocenters. The molecule has 0 radical (unpaired) electrons. The first-order chi connectivity index (χ1) is 12.3. The van der Waals surface area contributed by atoms with Gasteiger partial charge in [0.15, 0.2) is 0 Å². The molecule has 6 nitrogen and oxygen atoms in total. The highest BCUT2D eigenvalue weighted by Gasteiger charge is 2.45. The highest BCUT2D eigenvalue weighted by Crippen LogP contribution is 2.41. The number of hydrogen-bond donors (Lipinski definition) is 2. The summed E-state index contributed by atoms with van der Waals surface area (Å²) >= 11 is 0. The lowest BCUT2D eigenvalue weighted by molar-refractivity contribution is -0.152. The Hall–Kier alpha value is -0.660. The summed E-state index contributed by atoms with van der Waals surface area (Å²) in [4.78, 5) is 11.4. The summed E-state index contributed by atoms with van der Waals surface area (Å²) in [5.74, 6) is -0.841. The normalized spacial score (nSPS) is 18.5. The van der Waals surface area contributed by atoms with Crippen LogP contribution in [-0.2, 0) is 19.6 Å². The topological polar surface area (TPSA) is 107 Å². The zero-order valence-electron chi connectivity index (χ0n) is 18.2. The fourth-order valence-electron chi connectivity index (χ4n) is 4.12. The second-order valence-corrected chi connectivity index (χ2v) is 10.3. The van der Waals surface area contributed by atoms with E-state index in [1.54, 1.807) is 0 Å². The number of aliphatic carboxylic acids is 1. The third kappa shape index (κ3) is 7.35. The van der Waals surface area contributed by atoms with Crippen LogP contribution in [0.15, 0.2) is 0 Å². The van der Waals surface area contributed by atoms with Crippen LogP contribution in [0.25, 0.3) is 0 Å². The Bertz CT molecular complexity index is 561. The second-order valence-electron chi connectivity index (χ2n) is 8.58. The summed E-state index contributed by atoms with van der Waals surface area (Å²) < 4.78 is 30.9. The molecule has 0 heterocycles. The summed E-state index contributed by atoms with van der Waals surface area (Å²) in [5.41, 5.74) is -1.19. The third-order valence-corrected chi connectivity index (χ3v) is 7.73. The van der Waals surface area contributed by atoms with E-state index in [0.717, 1.165) is 19.3 Å². The monoisotopic (exact) mass is 407 g/mol. The van der Waals surface area contributed by atoms with Gasteiger partial charge >= 0.3 is 5.97 Å². The molecule has 3 N–H and O–H groups in total. The Balaban J connectivity index is 5.92. The predicted octanol–water partition coefficient (Wildman–Crippen LogP) is 4.32. The van der Waals surface area contributed by atoms with Crippen LogP contribution in [0, 0.1) is 10.8 Å². The molecule has 0 aromatic heterocycles. The van der Waals surface area contributed by atoms with Gasteiger partial charge in [-0.25, -0.2) is 13.6 Å². The van der Waals surface area contributed by atoms with Crippen molar-refractivity contribution in [2.45, 2.75) is 111 Å². The fourth-order valence-corrected chi connectivity index (χ4v) is 5.58. The van der Waals surface area contributed by atoms with E-state index < -0.39 is 32.1 Å². The molecular weight excluding hydrogens is 366 g/mol. The Morgan fingerprint density at radius 2 is 1.52 bits per heavy atom. The molecule has 0 saturated heterocycles. The molecule has 162 valence electrons. The van der Waals surface area contributed by atoms with Crippen LogP contribution in [0.3, 0.4) is 0 Å². The van der Waals surface area contributed by atoms with Crippen LogP contribution < -0.4 is 5.14 Å². The molecular formula is C20H41NO5S. The van der Waals surface area contributed by atoms with Gasteiger partial charge in [0.05, 0.1) is 23.9 Å². The minimum Gasteiger partial charge on any atom is -0.481 e. The van der Waals surface area contributed by atoms with Crippen molar-refractivity contribution in [3.05, 3.63) is 0 Å². The van der Waals surface area contributed by atoms with Gasteiger partial charge in [-0.05, 0) is 25.7 Å². The molecule has 0 aliphatic rings. The van der Waals surface area contributed by atoms with Crippen LogP contribution in [-0.4, -0.2) is 37.0 Å². The van der Waals surface area contributed by atoms with E-state index in [-0.39, 0.29) is 18.6 Å². The molecule has 27 heavy (non-hydrogen) atoms. The van der Waals surface area contributed by atoms with Crippen LogP contribution >= 0.6 is 0 Å². The van der Waals surface area contributed by atoms with Crippen LogP contribution in [0.1, 0.15) is 93.4 Å². The second kappa shape index (κ2) is 10.8. The van der Waals surface area contributed by atoms with Gasteiger partial charge in [-0.3, -0.25) is 4.79 Å². The molecule has 7 heteroatoms. The highest BCUT2D eigenvalue weighted by atomic mass is 32.2. The maximum Gasteiger partial charge on any atom is 0.303 e. The van der Waals surface area contributed by atoms with Gasteiger partial charge in [-0.2, -0.15) is 0 Å². The number of carbonyl (C=O) groups is 1. The molecule has 0 bridgehead atoms. The number of primary sulfonamides is 1. The van der Waals surface area contributed by atoms with E-state index in [0.29, 0.717) is 19.3 Å². The van der Waals surface area contributed by atoms with Gasteiger partial charge in [0.25, 0.3) is 0 Å². The van der Waals surface area contributed by atoms with Gasteiger partial charge in [0, 0.05) is 10.8 Å². The molecule has 0 aromatic carbocycles. The van der Waals surface area contributed by atoms with Crippen molar-refractivity contribution in [3.63, 3.8) is 0 Å². The van der Waals surface area contributed by atoms with Crippen LogP contribution in [0.2, 0.25) is 0 Å². The molecule has 0 saturated carbocycles. The number of nitrogens with two attached hydrogens (primary N) is 1. The molecule has 0 aliphatic carbocycles. The summed E-state index contributed by atoms with van der Waals surface area (Å²) in [6, 6.07) is 0. The third-order valence-electron chi connectivity index (χ3n) is 6.00. The number of hydrogen-bond acceptors (Lipinski definition) is 4. The quantitative estimate of drug-likeness (QED) is 0.446. The van der Waals surface area contributed by atoms with E-state index in [9.17, 15) is 18.3 Å². The summed E-state index contributed by atoms with van der Waals surface area (Å²) in [6.07, 6.45) is 3.69. The minimum atomic E-state index is -3.72. The standard InChI is InChI=1S/C20H41NO5S/c1-8-12-15(19(5,6)17(10-3)27(21,24)25)26-16(13-9-2)20(7,11-4)14-18(22)23/h15-17H,8-14H2,1-7H3,(H,22,23)(H2,21,24,25). The van der Waals surface area contributed by atoms with Crippen molar-refractivity contribution in [1.82, 2.24) is 0 Å². The molecule has 0 fully saturated rings. The first-order valence-corrected chi connectivity index (χ1v) is 11.8. The van der Waals surface area contributed by atoms with Crippen LogP contribution in [0.5, 0.6) is 0 Å². The Labute approximate surface area is 166 Å². The smallest absolute Gasteiger partial charge is 0.303 e. The van der Waals surface area contributed by atoms with Gasteiger partial charge in [0.1, 0.15) is 0 Å². The first-order valence-electron chi connectivity index (χ1n) is 10.2. The minimum absolute atomic E-state index is 0.0276. The van der Waals surface area contributed by atoms with E-state index in [1.165, 1.54) is 0 Å². The van der Waals surface area contributed by atoms with E-state index >= 15 is 0 Å².